The lowest BCUT2D eigenvalue weighted by Crippen LogP contribution is -2.27. The minimum atomic E-state index is -0.520. The van der Waals surface area contributed by atoms with E-state index in [0.717, 1.165) is 25.7 Å². The summed E-state index contributed by atoms with van der Waals surface area (Å²) in [6, 6.07) is 0. The Labute approximate surface area is 257 Å². The Balaban J connectivity index is 3.20. The fourth-order valence-electron chi connectivity index (χ4n) is 5.62. The van der Waals surface area contributed by atoms with Crippen LogP contribution in [-0.4, -0.2) is 37.0 Å². The van der Waals surface area contributed by atoms with Crippen molar-refractivity contribution >= 4 is 5.97 Å². The Morgan fingerprint density at radius 1 is 0.488 bits per heavy atom. The number of rotatable bonds is 35. The van der Waals surface area contributed by atoms with Crippen LogP contribution in [0.1, 0.15) is 206 Å². The van der Waals surface area contributed by atoms with E-state index in [2.05, 4.69) is 13.8 Å². The van der Waals surface area contributed by atoms with E-state index >= 15 is 0 Å². The fourth-order valence-corrected chi connectivity index (χ4v) is 5.62. The Bertz CT molecular complexity index is 495. The zero-order valence-electron chi connectivity index (χ0n) is 28.1. The van der Waals surface area contributed by atoms with E-state index in [4.69, 9.17) is 9.47 Å². The maximum atomic E-state index is 11.8. The molecule has 0 aliphatic heterocycles. The number of carbonyl (C=O) groups excluding carboxylic acids is 1. The first-order valence-electron chi connectivity index (χ1n) is 18.6. The van der Waals surface area contributed by atoms with Gasteiger partial charge in [-0.05, 0) is 12.8 Å². The van der Waals surface area contributed by atoms with Gasteiger partial charge in [-0.1, -0.05) is 187 Å². The molecule has 0 aromatic heterocycles. The zero-order chi connectivity index (χ0) is 29.9. The minimum Gasteiger partial charge on any atom is -0.457 e. The molecule has 0 spiro atoms. The summed E-state index contributed by atoms with van der Waals surface area (Å²) in [4.78, 5) is 11.8. The quantitative estimate of drug-likeness (QED) is 0.0596. The van der Waals surface area contributed by atoms with Gasteiger partial charge in [0.05, 0.1) is 13.2 Å². The van der Waals surface area contributed by atoms with Crippen LogP contribution >= 0.6 is 0 Å². The highest BCUT2D eigenvalue weighted by molar-refractivity contribution is 5.69. The van der Waals surface area contributed by atoms with Crippen LogP contribution in [0.3, 0.4) is 0 Å². The van der Waals surface area contributed by atoms with Crippen molar-refractivity contribution in [3.8, 4) is 0 Å². The lowest BCUT2D eigenvalue weighted by atomic mass is 10.0. The van der Waals surface area contributed by atoms with Gasteiger partial charge in [-0.3, -0.25) is 4.79 Å². The van der Waals surface area contributed by atoms with Gasteiger partial charge >= 0.3 is 5.97 Å². The summed E-state index contributed by atoms with van der Waals surface area (Å²) in [5, 5.41) is 9.39. The fraction of sp³-hybridized carbons (Fsp3) is 0.973. The van der Waals surface area contributed by atoms with E-state index in [1.54, 1.807) is 0 Å². The molecule has 0 aliphatic rings. The second-order valence-electron chi connectivity index (χ2n) is 12.7. The first kappa shape index (κ1) is 40.4. The summed E-state index contributed by atoms with van der Waals surface area (Å²) in [5.74, 6) is -0.221. The van der Waals surface area contributed by atoms with Gasteiger partial charge in [-0.15, -0.1) is 0 Å². The SMILES string of the molecule is CCCCCCCCCCCCCCCCCCCCCCCCCCCCOCC(CO)OC(=O)CCCCC. The third-order valence-electron chi connectivity index (χ3n) is 8.43. The summed E-state index contributed by atoms with van der Waals surface area (Å²) in [6.07, 6.45) is 39.4. The van der Waals surface area contributed by atoms with Gasteiger partial charge in [0.15, 0.2) is 0 Å². The van der Waals surface area contributed by atoms with Crippen LogP contribution in [0.15, 0.2) is 0 Å². The average molecular weight is 583 g/mol. The van der Waals surface area contributed by atoms with Gasteiger partial charge in [0, 0.05) is 13.0 Å². The van der Waals surface area contributed by atoms with Gasteiger partial charge in [0.1, 0.15) is 6.10 Å². The first-order chi connectivity index (χ1) is 20.2. The number of carbonyl (C=O) groups is 1. The Hall–Kier alpha value is -0.610. The standard InChI is InChI=1S/C37H74O4/c1-3-5-7-8-9-10-11-12-13-14-15-16-17-18-19-20-21-22-23-24-25-26-27-28-29-31-33-40-35-36(34-38)41-37(39)32-30-6-4-2/h36,38H,3-35H2,1-2H3. The number of aliphatic hydroxyl groups is 1. The van der Waals surface area contributed by atoms with Crippen molar-refractivity contribution in [3.05, 3.63) is 0 Å². The maximum absolute atomic E-state index is 11.8. The molecule has 0 saturated heterocycles. The topological polar surface area (TPSA) is 55.8 Å². The predicted molar refractivity (Wildman–Crippen MR) is 178 cm³/mol. The van der Waals surface area contributed by atoms with E-state index in [9.17, 15) is 9.90 Å². The molecule has 0 bridgehead atoms. The predicted octanol–water partition coefficient (Wildman–Crippen LogP) is 11.6. The zero-order valence-corrected chi connectivity index (χ0v) is 28.1. The maximum Gasteiger partial charge on any atom is 0.306 e. The summed E-state index contributed by atoms with van der Waals surface area (Å²) in [7, 11) is 0. The molecule has 246 valence electrons. The number of ether oxygens (including phenoxy) is 2. The van der Waals surface area contributed by atoms with E-state index < -0.39 is 6.10 Å². The molecule has 0 aromatic rings. The van der Waals surface area contributed by atoms with Gasteiger partial charge in [0.25, 0.3) is 0 Å². The van der Waals surface area contributed by atoms with Crippen molar-refractivity contribution in [3.63, 3.8) is 0 Å². The molecule has 41 heavy (non-hydrogen) atoms. The van der Waals surface area contributed by atoms with Crippen molar-refractivity contribution in [2.75, 3.05) is 19.8 Å². The second kappa shape index (κ2) is 35.6. The molecule has 0 heterocycles. The molecule has 1 N–H and O–H groups in total. The summed E-state index contributed by atoms with van der Waals surface area (Å²) < 4.78 is 10.9. The molecule has 1 unspecified atom stereocenters. The minimum absolute atomic E-state index is 0.168. The van der Waals surface area contributed by atoms with Crippen LogP contribution in [0.2, 0.25) is 0 Å². The summed E-state index contributed by atoms with van der Waals surface area (Å²) in [6.45, 7) is 5.22. The molecular formula is C37H74O4. The lowest BCUT2D eigenvalue weighted by Gasteiger charge is -2.15. The van der Waals surface area contributed by atoms with E-state index in [1.165, 1.54) is 161 Å². The second-order valence-corrected chi connectivity index (χ2v) is 12.7. The highest BCUT2D eigenvalue weighted by Crippen LogP contribution is 2.16. The smallest absolute Gasteiger partial charge is 0.306 e. The van der Waals surface area contributed by atoms with Gasteiger partial charge < -0.3 is 14.6 Å². The molecule has 0 radical (unpaired) electrons. The van der Waals surface area contributed by atoms with Crippen LogP contribution in [0, 0.1) is 0 Å². The molecule has 4 nitrogen and oxygen atoms in total. The third kappa shape index (κ3) is 33.8. The van der Waals surface area contributed by atoms with E-state index in [1.807, 2.05) is 0 Å². The third-order valence-corrected chi connectivity index (χ3v) is 8.43. The number of unbranched alkanes of at least 4 members (excludes halogenated alkanes) is 27. The van der Waals surface area contributed by atoms with Gasteiger partial charge in [-0.25, -0.2) is 0 Å². The Kier molecular flexibility index (Phi) is 35.1. The molecule has 0 fully saturated rings. The van der Waals surface area contributed by atoms with Gasteiger partial charge in [-0.2, -0.15) is 0 Å². The number of esters is 1. The van der Waals surface area contributed by atoms with Crippen LogP contribution < -0.4 is 0 Å². The molecular weight excluding hydrogens is 508 g/mol. The molecule has 1 atom stereocenters. The van der Waals surface area contributed by atoms with E-state index in [-0.39, 0.29) is 12.6 Å². The molecule has 0 rings (SSSR count). The lowest BCUT2D eigenvalue weighted by molar-refractivity contribution is -0.154. The Morgan fingerprint density at radius 2 is 0.805 bits per heavy atom. The average Bonchev–Trinajstić information content (AvgIpc) is 2.98. The van der Waals surface area contributed by atoms with Gasteiger partial charge in [0.2, 0.25) is 0 Å². The van der Waals surface area contributed by atoms with Crippen LogP contribution in [0.5, 0.6) is 0 Å². The monoisotopic (exact) mass is 583 g/mol. The van der Waals surface area contributed by atoms with E-state index in [0.29, 0.717) is 19.6 Å². The summed E-state index contributed by atoms with van der Waals surface area (Å²) in [5.41, 5.74) is 0. The van der Waals surface area contributed by atoms with Crippen molar-refractivity contribution in [1.82, 2.24) is 0 Å². The van der Waals surface area contributed by atoms with Crippen LogP contribution in [-0.2, 0) is 14.3 Å². The number of hydrogen-bond acceptors (Lipinski definition) is 4. The highest BCUT2D eigenvalue weighted by atomic mass is 16.6. The van der Waals surface area contributed by atoms with Crippen LogP contribution in [0.4, 0.5) is 0 Å². The number of hydrogen-bond donors (Lipinski definition) is 1. The van der Waals surface area contributed by atoms with Crippen molar-refractivity contribution in [2.24, 2.45) is 0 Å². The van der Waals surface area contributed by atoms with Crippen molar-refractivity contribution in [2.45, 2.75) is 213 Å². The van der Waals surface area contributed by atoms with Crippen LogP contribution in [0.25, 0.3) is 0 Å². The molecule has 0 aliphatic carbocycles. The largest absolute Gasteiger partial charge is 0.457 e. The number of aliphatic hydroxyl groups excluding tert-OH is 1. The molecule has 0 aromatic carbocycles. The van der Waals surface area contributed by atoms with Crippen molar-refractivity contribution in [1.29, 1.82) is 0 Å². The summed E-state index contributed by atoms with van der Waals surface area (Å²) >= 11 is 0. The Morgan fingerprint density at radius 3 is 1.15 bits per heavy atom. The molecule has 0 saturated carbocycles. The highest BCUT2D eigenvalue weighted by Gasteiger charge is 2.13. The molecule has 0 amide bonds. The first-order valence-corrected chi connectivity index (χ1v) is 18.6. The molecule has 4 heteroatoms. The van der Waals surface area contributed by atoms with Crippen molar-refractivity contribution < 1.29 is 19.4 Å². The normalized spacial score (nSPS) is 12.2.